The minimum Gasteiger partial charge on any atom is -0.465 e. The predicted octanol–water partition coefficient (Wildman–Crippen LogP) is 5.72. The van der Waals surface area contributed by atoms with Gasteiger partial charge in [0.05, 0.1) is 12.7 Å². The molecule has 1 N–H and O–H groups in total. The molecule has 2 atom stereocenters. The molecule has 0 saturated heterocycles. The van der Waals surface area contributed by atoms with Crippen molar-refractivity contribution >= 4 is 23.3 Å². The van der Waals surface area contributed by atoms with Crippen LogP contribution < -0.4 is 5.32 Å². The van der Waals surface area contributed by atoms with Gasteiger partial charge in [-0.2, -0.15) is 13.2 Å². The van der Waals surface area contributed by atoms with Gasteiger partial charge in [-0.25, -0.2) is 22.4 Å². The standard InChI is InChI=1S/C23H19F7N2O4/c1-10(21(33)31-20-18(26)16(24)15(23(28,29)30)17(25)19(20)27)32-36-14-5-3-4-13(14)11-6-8-12(9-7-11)22(34)35-2/h6-9,13-14H,3-5H2,1-2H3,(H,31,33)/b32-10+. The van der Waals surface area contributed by atoms with Gasteiger partial charge in [0.15, 0.2) is 23.3 Å². The SMILES string of the molecule is COC(=O)c1ccc(C2CCCC2O/N=C(\C)C(=O)Nc2c(F)c(F)c(C(F)(F)F)c(F)c2F)cc1. The number of nitrogens with one attached hydrogen (secondary N) is 1. The molecule has 1 amide bonds. The molecular weight excluding hydrogens is 501 g/mol. The van der Waals surface area contributed by atoms with Crippen molar-refractivity contribution in [1.29, 1.82) is 0 Å². The second-order valence-corrected chi connectivity index (χ2v) is 7.93. The molecule has 36 heavy (non-hydrogen) atoms. The maximum atomic E-state index is 14.0. The normalized spacial score (nSPS) is 18.2. The van der Waals surface area contributed by atoms with Crippen molar-refractivity contribution in [3.8, 4) is 0 Å². The first kappa shape index (κ1) is 27.0. The average Bonchev–Trinajstić information content (AvgIpc) is 3.31. The molecule has 0 spiro atoms. The van der Waals surface area contributed by atoms with E-state index in [2.05, 4.69) is 9.89 Å². The Kier molecular flexibility index (Phi) is 7.89. The van der Waals surface area contributed by atoms with Crippen LogP contribution in [0.5, 0.6) is 0 Å². The number of ether oxygens (including phenoxy) is 1. The van der Waals surface area contributed by atoms with E-state index in [1.54, 1.807) is 24.3 Å². The maximum Gasteiger partial charge on any atom is 0.422 e. The first-order chi connectivity index (χ1) is 16.9. The van der Waals surface area contributed by atoms with E-state index in [0.29, 0.717) is 18.4 Å². The number of carbonyl (C=O) groups is 2. The summed E-state index contributed by atoms with van der Waals surface area (Å²) < 4.78 is 98.4. The van der Waals surface area contributed by atoms with Gasteiger partial charge in [0, 0.05) is 5.92 Å². The summed E-state index contributed by atoms with van der Waals surface area (Å²) in [6, 6.07) is 6.57. The van der Waals surface area contributed by atoms with Crippen molar-refractivity contribution in [2.75, 3.05) is 12.4 Å². The third-order valence-electron chi connectivity index (χ3n) is 5.65. The first-order valence-electron chi connectivity index (χ1n) is 10.5. The highest BCUT2D eigenvalue weighted by atomic mass is 19.4. The monoisotopic (exact) mass is 520 g/mol. The summed E-state index contributed by atoms with van der Waals surface area (Å²) in [7, 11) is 1.25. The van der Waals surface area contributed by atoms with Crippen LogP contribution in [-0.4, -0.2) is 30.8 Å². The smallest absolute Gasteiger partial charge is 0.422 e. The number of oxime groups is 1. The van der Waals surface area contributed by atoms with Gasteiger partial charge in [-0.15, -0.1) is 0 Å². The maximum absolute atomic E-state index is 14.0. The van der Waals surface area contributed by atoms with E-state index < -0.39 is 64.4 Å². The fourth-order valence-electron chi connectivity index (χ4n) is 3.80. The molecule has 1 aliphatic carbocycles. The number of nitrogens with zero attached hydrogens (tertiary/aromatic N) is 1. The highest BCUT2D eigenvalue weighted by Crippen LogP contribution is 2.39. The Hall–Kier alpha value is -3.64. The van der Waals surface area contributed by atoms with Crippen LogP contribution in [0.1, 0.15) is 53.6 Å². The van der Waals surface area contributed by atoms with Crippen LogP contribution in [0, 0.1) is 23.3 Å². The molecule has 0 bridgehead atoms. The zero-order valence-electron chi connectivity index (χ0n) is 18.8. The van der Waals surface area contributed by atoms with Gasteiger partial charge in [0.25, 0.3) is 5.91 Å². The number of amides is 1. The molecular formula is C23H19F7N2O4. The van der Waals surface area contributed by atoms with Gasteiger partial charge in [-0.05, 0) is 43.9 Å². The van der Waals surface area contributed by atoms with E-state index in [1.165, 1.54) is 12.4 Å². The minimum atomic E-state index is -5.71. The molecule has 3 rings (SSSR count). The van der Waals surface area contributed by atoms with Gasteiger partial charge in [0.1, 0.15) is 23.1 Å². The fourth-order valence-corrected chi connectivity index (χ4v) is 3.80. The van der Waals surface area contributed by atoms with Crippen molar-refractivity contribution in [2.24, 2.45) is 5.16 Å². The number of hydrogen-bond acceptors (Lipinski definition) is 5. The molecule has 2 aromatic carbocycles. The van der Waals surface area contributed by atoms with E-state index in [0.717, 1.165) is 18.9 Å². The van der Waals surface area contributed by atoms with Crippen molar-refractivity contribution < 1.29 is 49.9 Å². The molecule has 1 saturated carbocycles. The zero-order chi connectivity index (χ0) is 26.8. The Labute approximate surface area is 200 Å². The lowest BCUT2D eigenvalue weighted by Crippen LogP contribution is -2.25. The number of alkyl halides is 3. The number of halogens is 7. The third-order valence-corrected chi connectivity index (χ3v) is 5.65. The Morgan fingerprint density at radius 3 is 2.08 bits per heavy atom. The highest BCUT2D eigenvalue weighted by Gasteiger charge is 2.42. The van der Waals surface area contributed by atoms with Gasteiger partial charge >= 0.3 is 12.1 Å². The summed E-state index contributed by atoms with van der Waals surface area (Å²) in [6.45, 7) is 1.07. The fraction of sp³-hybridized carbons (Fsp3) is 0.348. The summed E-state index contributed by atoms with van der Waals surface area (Å²) in [5, 5.41) is 5.10. The first-order valence-corrected chi connectivity index (χ1v) is 10.5. The van der Waals surface area contributed by atoms with Gasteiger partial charge in [-0.1, -0.05) is 17.3 Å². The summed E-state index contributed by atoms with van der Waals surface area (Å²) in [6.07, 6.45) is -4.23. The molecule has 0 radical (unpaired) electrons. The largest absolute Gasteiger partial charge is 0.465 e. The lowest BCUT2D eigenvalue weighted by atomic mass is 9.95. The van der Waals surface area contributed by atoms with Crippen molar-refractivity contribution in [3.05, 3.63) is 64.2 Å². The lowest BCUT2D eigenvalue weighted by Gasteiger charge is -2.19. The van der Waals surface area contributed by atoms with Crippen LogP contribution >= 0.6 is 0 Å². The van der Waals surface area contributed by atoms with Crippen molar-refractivity contribution in [1.82, 2.24) is 0 Å². The summed E-state index contributed by atoms with van der Waals surface area (Å²) in [5.74, 6) is -12.3. The molecule has 194 valence electrons. The minimum absolute atomic E-state index is 0.163. The number of anilines is 1. The van der Waals surface area contributed by atoms with E-state index in [9.17, 15) is 40.3 Å². The third kappa shape index (κ3) is 5.44. The number of rotatable bonds is 6. The summed E-state index contributed by atoms with van der Waals surface area (Å²) in [5.41, 5.74) is -3.83. The number of esters is 1. The zero-order valence-corrected chi connectivity index (χ0v) is 18.8. The van der Waals surface area contributed by atoms with Crippen LogP contribution in [0.2, 0.25) is 0 Å². The molecule has 2 unspecified atom stereocenters. The van der Waals surface area contributed by atoms with Crippen LogP contribution in [-0.2, 0) is 20.5 Å². The van der Waals surface area contributed by atoms with E-state index in [4.69, 9.17) is 4.84 Å². The van der Waals surface area contributed by atoms with Gasteiger partial charge in [-0.3, -0.25) is 4.79 Å². The summed E-state index contributed by atoms with van der Waals surface area (Å²) >= 11 is 0. The molecule has 0 heterocycles. The Morgan fingerprint density at radius 1 is 0.972 bits per heavy atom. The molecule has 0 aliphatic heterocycles. The van der Waals surface area contributed by atoms with E-state index in [1.807, 2.05) is 0 Å². The van der Waals surface area contributed by atoms with Crippen LogP contribution in [0.25, 0.3) is 0 Å². The quantitative estimate of drug-likeness (QED) is 0.174. The second-order valence-electron chi connectivity index (χ2n) is 7.93. The van der Waals surface area contributed by atoms with Gasteiger partial charge < -0.3 is 14.9 Å². The number of methoxy groups -OCH3 is 1. The number of carbonyl (C=O) groups excluding carboxylic acids is 2. The molecule has 2 aromatic rings. The van der Waals surface area contributed by atoms with Crippen molar-refractivity contribution in [3.63, 3.8) is 0 Å². The molecule has 6 nitrogen and oxygen atoms in total. The highest BCUT2D eigenvalue weighted by molar-refractivity contribution is 6.42. The van der Waals surface area contributed by atoms with E-state index in [-0.39, 0.29) is 5.92 Å². The van der Waals surface area contributed by atoms with Crippen LogP contribution in [0.15, 0.2) is 29.4 Å². The topological polar surface area (TPSA) is 77.0 Å². The average molecular weight is 520 g/mol. The lowest BCUT2D eigenvalue weighted by molar-refractivity contribution is -0.143. The van der Waals surface area contributed by atoms with Crippen LogP contribution in [0.3, 0.4) is 0 Å². The number of benzene rings is 2. The Bertz CT molecular complexity index is 1170. The van der Waals surface area contributed by atoms with Crippen LogP contribution in [0.4, 0.5) is 36.4 Å². The predicted molar refractivity (Wildman–Crippen MR) is 112 cm³/mol. The van der Waals surface area contributed by atoms with Gasteiger partial charge in [0.2, 0.25) is 0 Å². The summed E-state index contributed by atoms with van der Waals surface area (Å²) in [4.78, 5) is 29.2. The molecule has 1 fully saturated rings. The number of hydrogen-bond donors (Lipinski definition) is 1. The molecule has 1 aliphatic rings. The van der Waals surface area contributed by atoms with E-state index >= 15 is 0 Å². The Balaban J connectivity index is 1.74. The Morgan fingerprint density at radius 2 is 1.56 bits per heavy atom. The molecule has 0 aromatic heterocycles. The molecule has 13 heteroatoms. The van der Waals surface area contributed by atoms with Crippen molar-refractivity contribution in [2.45, 2.75) is 44.4 Å². The second kappa shape index (κ2) is 10.5.